The molecule has 1 aromatic carbocycles. The van der Waals surface area contributed by atoms with Crippen molar-refractivity contribution in [2.75, 3.05) is 5.73 Å². The van der Waals surface area contributed by atoms with Crippen LogP contribution >= 0.6 is 0 Å². The van der Waals surface area contributed by atoms with Crippen molar-refractivity contribution < 1.29 is 9.90 Å². The Morgan fingerprint density at radius 2 is 1.88 bits per heavy atom. The standard InChI is InChI=1S/C13H12N2O2/c14-10-6-7-11(9-4-2-1-3-5-9)15-12(10)8-13(16)17/h1-7H,8,14H2,(H,16,17). The Hall–Kier alpha value is -2.36. The van der Waals surface area contributed by atoms with Gasteiger partial charge >= 0.3 is 5.97 Å². The summed E-state index contributed by atoms with van der Waals surface area (Å²) in [7, 11) is 0. The van der Waals surface area contributed by atoms with E-state index in [2.05, 4.69) is 4.98 Å². The third kappa shape index (κ3) is 2.60. The van der Waals surface area contributed by atoms with Gasteiger partial charge in [0.25, 0.3) is 0 Å². The molecule has 0 saturated heterocycles. The van der Waals surface area contributed by atoms with Crippen LogP contribution in [0.1, 0.15) is 5.69 Å². The van der Waals surface area contributed by atoms with Gasteiger partial charge in [-0.25, -0.2) is 0 Å². The molecule has 17 heavy (non-hydrogen) atoms. The zero-order valence-electron chi connectivity index (χ0n) is 9.13. The van der Waals surface area contributed by atoms with Gasteiger partial charge in [-0.3, -0.25) is 9.78 Å². The van der Waals surface area contributed by atoms with Crippen LogP contribution in [0.25, 0.3) is 11.3 Å². The fourth-order valence-corrected chi connectivity index (χ4v) is 1.57. The molecular weight excluding hydrogens is 216 g/mol. The normalized spacial score (nSPS) is 10.1. The summed E-state index contributed by atoms with van der Waals surface area (Å²) in [6.07, 6.45) is -0.160. The van der Waals surface area contributed by atoms with Gasteiger partial charge in [-0.05, 0) is 12.1 Å². The lowest BCUT2D eigenvalue weighted by molar-refractivity contribution is -0.136. The maximum Gasteiger partial charge on any atom is 0.309 e. The van der Waals surface area contributed by atoms with Gasteiger partial charge in [0.05, 0.1) is 23.5 Å². The predicted octanol–water partition coefficient (Wildman–Crippen LogP) is 1.96. The van der Waals surface area contributed by atoms with E-state index in [1.54, 1.807) is 12.1 Å². The van der Waals surface area contributed by atoms with Crippen LogP contribution in [0.3, 0.4) is 0 Å². The lowest BCUT2D eigenvalue weighted by Crippen LogP contribution is -2.06. The number of nitrogens with zero attached hydrogens (tertiary/aromatic N) is 1. The highest BCUT2D eigenvalue weighted by atomic mass is 16.4. The van der Waals surface area contributed by atoms with E-state index in [9.17, 15) is 4.79 Å². The maximum atomic E-state index is 10.7. The Labute approximate surface area is 98.7 Å². The zero-order chi connectivity index (χ0) is 12.3. The van der Waals surface area contributed by atoms with Gasteiger partial charge < -0.3 is 10.8 Å². The van der Waals surface area contributed by atoms with Gasteiger partial charge in [0.2, 0.25) is 0 Å². The number of aliphatic carboxylic acids is 1. The van der Waals surface area contributed by atoms with Crippen LogP contribution in [0.15, 0.2) is 42.5 Å². The number of benzene rings is 1. The smallest absolute Gasteiger partial charge is 0.309 e. The van der Waals surface area contributed by atoms with Crippen molar-refractivity contribution >= 4 is 11.7 Å². The third-order valence-electron chi connectivity index (χ3n) is 2.40. The van der Waals surface area contributed by atoms with E-state index in [1.807, 2.05) is 30.3 Å². The molecule has 0 fully saturated rings. The lowest BCUT2D eigenvalue weighted by Gasteiger charge is -2.06. The SMILES string of the molecule is Nc1ccc(-c2ccccc2)nc1CC(=O)O. The topological polar surface area (TPSA) is 76.2 Å². The van der Waals surface area contributed by atoms with Crippen LogP contribution in [0.4, 0.5) is 5.69 Å². The van der Waals surface area contributed by atoms with Gasteiger partial charge in [0, 0.05) is 5.56 Å². The van der Waals surface area contributed by atoms with E-state index in [0.717, 1.165) is 11.3 Å². The summed E-state index contributed by atoms with van der Waals surface area (Å²) in [5.74, 6) is -0.936. The molecule has 0 aliphatic carbocycles. The summed E-state index contributed by atoms with van der Waals surface area (Å²) in [6.45, 7) is 0. The quantitative estimate of drug-likeness (QED) is 0.841. The van der Waals surface area contributed by atoms with E-state index in [4.69, 9.17) is 10.8 Å². The number of hydrogen-bond donors (Lipinski definition) is 2. The van der Waals surface area contributed by atoms with Gasteiger partial charge in [-0.2, -0.15) is 0 Å². The molecule has 86 valence electrons. The van der Waals surface area contributed by atoms with Gasteiger partial charge in [0.1, 0.15) is 0 Å². The number of rotatable bonds is 3. The van der Waals surface area contributed by atoms with Crippen molar-refractivity contribution in [3.8, 4) is 11.3 Å². The highest BCUT2D eigenvalue weighted by Crippen LogP contribution is 2.20. The van der Waals surface area contributed by atoms with Crippen LogP contribution in [-0.2, 0) is 11.2 Å². The molecule has 2 aromatic rings. The third-order valence-corrected chi connectivity index (χ3v) is 2.40. The van der Waals surface area contributed by atoms with E-state index in [1.165, 1.54) is 0 Å². The van der Waals surface area contributed by atoms with Crippen molar-refractivity contribution in [3.63, 3.8) is 0 Å². The molecule has 0 amide bonds. The van der Waals surface area contributed by atoms with Crippen molar-refractivity contribution in [1.29, 1.82) is 0 Å². The number of nitrogens with two attached hydrogens (primary N) is 1. The first-order chi connectivity index (χ1) is 8.16. The zero-order valence-corrected chi connectivity index (χ0v) is 9.13. The monoisotopic (exact) mass is 228 g/mol. The number of aromatic nitrogens is 1. The Morgan fingerprint density at radius 1 is 1.18 bits per heavy atom. The minimum Gasteiger partial charge on any atom is -0.481 e. The van der Waals surface area contributed by atoms with Crippen LogP contribution in [-0.4, -0.2) is 16.1 Å². The average molecular weight is 228 g/mol. The molecular formula is C13H12N2O2. The summed E-state index contributed by atoms with van der Waals surface area (Å²) in [4.78, 5) is 15.0. The molecule has 0 radical (unpaired) electrons. The second kappa shape index (κ2) is 4.65. The van der Waals surface area contributed by atoms with Crippen LogP contribution in [0, 0.1) is 0 Å². The molecule has 3 N–H and O–H groups in total. The summed E-state index contributed by atoms with van der Waals surface area (Å²) in [5.41, 5.74) is 8.18. The molecule has 0 saturated carbocycles. The summed E-state index contributed by atoms with van der Waals surface area (Å²) in [6, 6.07) is 13.0. The van der Waals surface area contributed by atoms with Crippen molar-refractivity contribution in [2.45, 2.75) is 6.42 Å². The first kappa shape index (κ1) is 11.1. The van der Waals surface area contributed by atoms with Crippen LogP contribution in [0.2, 0.25) is 0 Å². The largest absolute Gasteiger partial charge is 0.481 e. The molecule has 4 heteroatoms. The number of carbonyl (C=O) groups is 1. The van der Waals surface area contributed by atoms with E-state index < -0.39 is 5.97 Å². The molecule has 1 aromatic heterocycles. The number of carboxylic acid groups (broad SMARTS) is 1. The highest BCUT2D eigenvalue weighted by molar-refractivity contribution is 5.73. The minimum atomic E-state index is -0.936. The Kier molecular flexibility index (Phi) is 3.05. The molecule has 0 spiro atoms. The second-order valence-corrected chi connectivity index (χ2v) is 3.67. The molecule has 4 nitrogen and oxygen atoms in total. The maximum absolute atomic E-state index is 10.7. The highest BCUT2D eigenvalue weighted by Gasteiger charge is 2.08. The van der Waals surface area contributed by atoms with Gasteiger partial charge in [0.15, 0.2) is 0 Å². The predicted molar refractivity (Wildman–Crippen MR) is 65.4 cm³/mol. The summed E-state index contributed by atoms with van der Waals surface area (Å²) >= 11 is 0. The average Bonchev–Trinajstić information content (AvgIpc) is 2.32. The van der Waals surface area contributed by atoms with E-state index in [0.29, 0.717) is 11.4 Å². The van der Waals surface area contributed by atoms with E-state index in [-0.39, 0.29) is 6.42 Å². The second-order valence-electron chi connectivity index (χ2n) is 3.67. The number of carboxylic acids is 1. The Morgan fingerprint density at radius 3 is 2.53 bits per heavy atom. The molecule has 1 heterocycles. The number of pyridine rings is 1. The van der Waals surface area contributed by atoms with Crippen LogP contribution < -0.4 is 5.73 Å². The minimum absolute atomic E-state index is 0.160. The first-order valence-electron chi connectivity index (χ1n) is 5.19. The molecule has 2 rings (SSSR count). The van der Waals surface area contributed by atoms with Crippen LogP contribution in [0.5, 0.6) is 0 Å². The number of anilines is 1. The molecule has 0 aliphatic rings. The van der Waals surface area contributed by atoms with E-state index >= 15 is 0 Å². The summed E-state index contributed by atoms with van der Waals surface area (Å²) < 4.78 is 0. The van der Waals surface area contributed by atoms with Crippen molar-refractivity contribution in [1.82, 2.24) is 4.98 Å². The first-order valence-corrected chi connectivity index (χ1v) is 5.19. The Bertz CT molecular complexity index is 538. The molecule has 0 bridgehead atoms. The van der Waals surface area contributed by atoms with Crippen molar-refractivity contribution in [3.05, 3.63) is 48.2 Å². The van der Waals surface area contributed by atoms with Gasteiger partial charge in [-0.15, -0.1) is 0 Å². The molecule has 0 atom stereocenters. The van der Waals surface area contributed by atoms with Crippen molar-refractivity contribution in [2.24, 2.45) is 0 Å². The lowest BCUT2D eigenvalue weighted by atomic mass is 10.1. The summed E-state index contributed by atoms with van der Waals surface area (Å²) in [5, 5.41) is 8.76. The fourth-order valence-electron chi connectivity index (χ4n) is 1.57. The molecule has 0 aliphatic heterocycles. The Balaban J connectivity index is 2.41. The number of nitrogen functional groups attached to an aromatic ring is 1. The fraction of sp³-hybridized carbons (Fsp3) is 0.0769. The molecule has 0 unspecified atom stereocenters. The number of hydrogen-bond acceptors (Lipinski definition) is 3. The van der Waals surface area contributed by atoms with Gasteiger partial charge in [-0.1, -0.05) is 30.3 Å².